The molecule has 0 fully saturated rings. The molecule has 0 amide bonds. The first-order valence-corrected chi connectivity index (χ1v) is 5.37. The van der Waals surface area contributed by atoms with Crippen molar-refractivity contribution in [1.82, 2.24) is 0 Å². The number of rotatable bonds is 2. The summed E-state index contributed by atoms with van der Waals surface area (Å²) in [4.78, 5) is 10.4. The minimum Gasteiger partial charge on any atom is -0.522 e. The number of benzene rings is 2. The summed E-state index contributed by atoms with van der Waals surface area (Å²) in [5.41, 5.74) is 0. The molecule has 19 heavy (non-hydrogen) atoms. The van der Waals surface area contributed by atoms with E-state index in [4.69, 9.17) is 9.47 Å². The van der Waals surface area contributed by atoms with Crippen molar-refractivity contribution in [3.05, 3.63) is 60.7 Å². The van der Waals surface area contributed by atoms with Crippen LogP contribution in [-0.2, 0) is 25.9 Å². The molecule has 0 saturated carbocycles. The Balaban J connectivity index is 0.000000331. The molecule has 0 aliphatic heterocycles. The fourth-order valence-corrected chi connectivity index (χ4v) is 1.11. The van der Waals surface area contributed by atoms with E-state index in [9.17, 15) is 4.79 Å². The van der Waals surface area contributed by atoms with Crippen LogP contribution >= 0.6 is 0 Å². The van der Waals surface area contributed by atoms with Crippen LogP contribution in [0.5, 0.6) is 11.5 Å². The van der Waals surface area contributed by atoms with E-state index in [1.165, 1.54) is 6.92 Å². The molecule has 0 aromatic heterocycles. The molecule has 2 rings (SSSR count). The van der Waals surface area contributed by atoms with E-state index >= 15 is 0 Å². The van der Waals surface area contributed by atoms with Gasteiger partial charge in [-0.05, 0) is 0 Å². The summed E-state index contributed by atoms with van der Waals surface area (Å²) >= 11 is 0. The summed E-state index contributed by atoms with van der Waals surface area (Å²) < 4.78 is 9.65. The van der Waals surface area contributed by atoms with Crippen molar-refractivity contribution in [1.29, 1.82) is 0 Å². The number of carbonyl (C=O) groups is 1. The maximum Gasteiger partial charge on any atom is 2.00 e. The minimum atomic E-state index is -0.300. The van der Waals surface area contributed by atoms with Crippen molar-refractivity contribution in [2.75, 3.05) is 7.11 Å². The molecule has 4 heteroatoms. The molecule has 2 aromatic carbocycles. The number of ether oxygens (including phenoxy) is 2. The predicted molar refractivity (Wildman–Crippen MR) is 68.4 cm³/mol. The van der Waals surface area contributed by atoms with Crippen molar-refractivity contribution in [2.24, 2.45) is 0 Å². The fourth-order valence-electron chi connectivity index (χ4n) is 1.11. The van der Waals surface area contributed by atoms with Gasteiger partial charge in [-0.2, -0.15) is 36.4 Å². The largest absolute Gasteiger partial charge is 2.00 e. The van der Waals surface area contributed by atoms with E-state index in [0.717, 1.165) is 5.75 Å². The molecule has 0 saturated heterocycles. The zero-order valence-corrected chi connectivity index (χ0v) is 13.7. The fraction of sp³-hybridized carbons (Fsp3) is 0.133. The van der Waals surface area contributed by atoms with Crippen LogP contribution in [0.3, 0.4) is 0 Å². The minimum absolute atomic E-state index is 0. The summed E-state index contributed by atoms with van der Waals surface area (Å²) in [5, 5.41) is 0. The third kappa shape index (κ3) is 8.17. The standard InChI is InChI=1S/C8H7O2.C7H7O.W/c1-7(9)10-8-5-3-2-4-6-8;1-8-7-5-3-2-4-6-7;/h3-6H,1H3;3-6H,1H3;/q2*-1;+2. The smallest absolute Gasteiger partial charge is 0.522 e. The second-order valence-corrected chi connectivity index (χ2v) is 3.27. The summed E-state index contributed by atoms with van der Waals surface area (Å²) in [5.74, 6) is 1.14. The monoisotopic (exact) mass is 426 g/mol. The molecule has 0 unspecified atom stereocenters. The molecule has 0 atom stereocenters. The average molecular weight is 426 g/mol. The van der Waals surface area contributed by atoms with Crippen LogP contribution in [0, 0.1) is 12.1 Å². The van der Waals surface area contributed by atoms with Crippen molar-refractivity contribution in [3.63, 3.8) is 0 Å². The van der Waals surface area contributed by atoms with Gasteiger partial charge in [-0.25, -0.2) is 0 Å². The second kappa shape index (κ2) is 10.3. The van der Waals surface area contributed by atoms with Crippen molar-refractivity contribution in [2.45, 2.75) is 6.92 Å². The number of hydrogen-bond acceptors (Lipinski definition) is 3. The van der Waals surface area contributed by atoms with Gasteiger partial charge in [0.2, 0.25) is 0 Å². The van der Waals surface area contributed by atoms with Crippen LogP contribution in [0.4, 0.5) is 0 Å². The van der Waals surface area contributed by atoms with E-state index in [1.807, 2.05) is 24.3 Å². The Kier molecular flexibility index (Phi) is 9.46. The van der Waals surface area contributed by atoms with Gasteiger partial charge < -0.3 is 9.47 Å². The van der Waals surface area contributed by atoms with E-state index in [-0.39, 0.29) is 27.0 Å². The normalized spacial score (nSPS) is 8.32. The summed E-state index contributed by atoms with van der Waals surface area (Å²) in [6.07, 6.45) is 0. The molecular weight excluding hydrogens is 412 g/mol. The molecule has 0 heterocycles. The first-order valence-electron chi connectivity index (χ1n) is 5.37. The van der Waals surface area contributed by atoms with E-state index in [2.05, 4.69) is 12.1 Å². The van der Waals surface area contributed by atoms with Gasteiger partial charge in [0.05, 0.1) is 7.11 Å². The van der Waals surface area contributed by atoms with Crippen LogP contribution in [0.25, 0.3) is 0 Å². The van der Waals surface area contributed by atoms with Gasteiger partial charge >= 0.3 is 27.0 Å². The van der Waals surface area contributed by atoms with Crippen LogP contribution in [0.1, 0.15) is 6.92 Å². The maximum atomic E-state index is 10.4. The van der Waals surface area contributed by atoms with Gasteiger partial charge in [-0.15, -0.1) is 24.3 Å². The Morgan fingerprint density at radius 3 is 1.68 bits per heavy atom. The van der Waals surface area contributed by atoms with Crippen LogP contribution in [-0.4, -0.2) is 13.1 Å². The number of hydrogen-bond donors (Lipinski definition) is 0. The zero-order valence-electron chi connectivity index (χ0n) is 10.8. The molecule has 0 aliphatic carbocycles. The van der Waals surface area contributed by atoms with Gasteiger partial charge in [0.15, 0.2) is 0 Å². The predicted octanol–water partition coefficient (Wildman–Crippen LogP) is 2.90. The van der Waals surface area contributed by atoms with Gasteiger partial charge in [-0.3, -0.25) is 4.79 Å². The topological polar surface area (TPSA) is 35.5 Å². The molecule has 0 aliphatic rings. The molecule has 98 valence electrons. The summed E-state index contributed by atoms with van der Waals surface area (Å²) in [7, 11) is 1.65. The third-order valence-electron chi connectivity index (χ3n) is 1.87. The van der Waals surface area contributed by atoms with E-state index < -0.39 is 0 Å². The zero-order chi connectivity index (χ0) is 13.2. The Bertz CT molecular complexity index is 457. The maximum absolute atomic E-state index is 10.4. The second-order valence-electron chi connectivity index (χ2n) is 3.27. The van der Waals surface area contributed by atoms with Crippen LogP contribution in [0.2, 0.25) is 0 Å². The van der Waals surface area contributed by atoms with E-state index in [0.29, 0.717) is 5.75 Å². The molecular formula is C15H14O3W. The van der Waals surface area contributed by atoms with Crippen molar-refractivity contribution < 1.29 is 35.3 Å². The Hall–Kier alpha value is -1.60. The van der Waals surface area contributed by atoms with Gasteiger partial charge in [0.25, 0.3) is 0 Å². The summed E-state index contributed by atoms with van der Waals surface area (Å²) in [6.45, 7) is 1.37. The van der Waals surface area contributed by atoms with Crippen LogP contribution < -0.4 is 9.47 Å². The SMILES string of the molecule is CC(=O)Oc1cc[c-]cc1.COc1cc[c-]cc1.[W+2]. The Labute approximate surface area is 127 Å². The Morgan fingerprint density at radius 2 is 1.37 bits per heavy atom. The van der Waals surface area contributed by atoms with E-state index in [1.54, 1.807) is 31.4 Å². The summed E-state index contributed by atoms with van der Waals surface area (Å²) in [6, 6.07) is 19.8. The van der Waals surface area contributed by atoms with Gasteiger partial charge in [-0.1, -0.05) is 0 Å². The number of carbonyl (C=O) groups excluding carboxylic acids is 1. The van der Waals surface area contributed by atoms with Gasteiger partial charge in [0.1, 0.15) is 0 Å². The molecule has 3 nitrogen and oxygen atoms in total. The third-order valence-corrected chi connectivity index (χ3v) is 1.87. The first-order chi connectivity index (χ1) is 8.72. The quantitative estimate of drug-likeness (QED) is 0.421. The molecule has 2 aromatic rings. The molecule has 0 bridgehead atoms. The first kappa shape index (κ1) is 17.4. The molecule has 0 radical (unpaired) electrons. The average Bonchev–Trinajstić information content (AvgIpc) is 2.41. The molecule has 0 spiro atoms. The van der Waals surface area contributed by atoms with Crippen LogP contribution in [0.15, 0.2) is 48.5 Å². The Morgan fingerprint density at radius 1 is 0.947 bits per heavy atom. The number of esters is 1. The van der Waals surface area contributed by atoms with Crippen molar-refractivity contribution in [3.8, 4) is 11.5 Å². The molecule has 0 N–H and O–H groups in total. The van der Waals surface area contributed by atoms with Gasteiger partial charge in [0, 0.05) is 18.4 Å². The number of methoxy groups -OCH3 is 1. The van der Waals surface area contributed by atoms with Crippen molar-refractivity contribution >= 4 is 5.97 Å².